The molecule has 152 valence electrons. The smallest absolute Gasteiger partial charge is 0.300 e. The highest BCUT2D eigenvalue weighted by Gasteiger charge is 2.48. The molecule has 3 fully saturated rings. The number of hydrogen-bond donors (Lipinski definition) is 0. The summed E-state index contributed by atoms with van der Waals surface area (Å²) in [4.78, 5) is 6.60. The van der Waals surface area contributed by atoms with Crippen molar-refractivity contribution in [3.63, 3.8) is 0 Å². The van der Waals surface area contributed by atoms with Gasteiger partial charge in [0.2, 0.25) is 0 Å². The van der Waals surface area contributed by atoms with Crippen LogP contribution < -0.4 is 0 Å². The van der Waals surface area contributed by atoms with Crippen molar-refractivity contribution in [2.75, 3.05) is 24.6 Å². The molecular weight excluding hydrogens is 373 g/mol. The van der Waals surface area contributed by atoms with Gasteiger partial charge in [0.05, 0.1) is 5.54 Å². The minimum atomic E-state index is -4.50. The van der Waals surface area contributed by atoms with Crippen LogP contribution in [0.15, 0.2) is 0 Å². The standard InChI is InChI=1S/C19H29F3N4S/c1-12-7-13(25-6-5-18(9-25)10-27-11-18)8-14(12)15-23-16(19(20,21)22)24-26(15)17(2,3)4/h12-14H,5-11H2,1-4H3/t12?,13?,14-/m1/s1. The van der Waals surface area contributed by atoms with Crippen molar-refractivity contribution >= 4 is 11.8 Å². The van der Waals surface area contributed by atoms with Gasteiger partial charge in [0.15, 0.2) is 0 Å². The van der Waals surface area contributed by atoms with Gasteiger partial charge in [-0.05, 0) is 52.5 Å². The van der Waals surface area contributed by atoms with E-state index in [2.05, 4.69) is 21.9 Å². The van der Waals surface area contributed by atoms with Crippen molar-refractivity contribution in [1.82, 2.24) is 19.7 Å². The summed E-state index contributed by atoms with van der Waals surface area (Å²) in [6.45, 7) is 10.1. The average Bonchev–Trinajstić information content (AvgIpc) is 3.20. The Balaban J connectivity index is 1.57. The van der Waals surface area contributed by atoms with Crippen molar-refractivity contribution in [2.24, 2.45) is 11.3 Å². The van der Waals surface area contributed by atoms with Gasteiger partial charge in [-0.25, -0.2) is 9.67 Å². The molecule has 4 nitrogen and oxygen atoms in total. The maximum absolute atomic E-state index is 13.3. The Morgan fingerprint density at radius 2 is 1.85 bits per heavy atom. The first kappa shape index (κ1) is 19.6. The Labute approximate surface area is 163 Å². The fraction of sp³-hybridized carbons (Fsp3) is 0.895. The van der Waals surface area contributed by atoms with Crippen molar-refractivity contribution in [2.45, 2.75) is 70.6 Å². The third-order valence-corrected chi connectivity index (χ3v) is 8.14. The maximum atomic E-state index is 13.3. The lowest BCUT2D eigenvalue weighted by Crippen LogP contribution is -2.40. The first-order valence-corrected chi connectivity index (χ1v) is 11.0. The Kier molecular flexibility index (Phi) is 4.61. The summed E-state index contributed by atoms with van der Waals surface area (Å²) in [6, 6.07) is 0.453. The highest BCUT2D eigenvalue weighted by Crippen LogP contribution is 2.49. The molecular formula is C19H29F3N4S. The van der Waals surface area contributed by atoms with Crippen LogP contribution in [0, 0.1) is 11.3 Å². The number of thioether (sulfide) groups is 1. The summed E-state index contributed by atoms with van der Waals surface area (Å²) in [5, 5.41) is 3.86. The lowest BCUT2D eigenvalue weighted by Gasteiger charge is -2.38. The predicted molar refractivity (Wildman–Crippen MR) is 101 cm³/mol. The fourth-order valence-corrected chi connectivity index (χ4v) is 6.21. The van der Waals surface area contributed by atoms with E-state index >= 15 is 0 Å². The first-order chi connectivity index (χ1) is 12.5. The molecule has 8 heteroatoms. The molecule has 3 atom stereocenters. The van der Waals surface area contributed by atoms with Gasteiger partial charge in [-0.1, -0.05) is 6.92 Å². The molecule has 1 aliphatic carbocycles. The minimum absolute atomic E-state index is 0.0325. The topological polar surface area (TPSA) is 34.0 Å². The minimum Gasteiger partial charge on any atom is -0.300 e. The predicted octanol–water partition coefficient (Wildman–Crippen LogP) is 4.37. The van der Waals surface area contributed by atoms with Crippen LogP contribution in [0.1, 0.15) is 64.5 Å². The van der Waals surface area contributed by atoms with E-state index in [0.717, 1.165) is 25.9 Å². The zero-order chi connectivity index (χ0) is 19.6. The first-order valence-electron chi connectivity index (χ1n) is 9.85. The van der Waals surface area contributed by atoms with Crippen LogP contribution >= 0.6 is 11.8 Å². The van der Waals surface area contributed by atoms with E-state index in [-0.39, 0.29) is 5.92 Å². The highest BCUT2D eigenvalue weighted by atomic mass is 32.2. The normalized spacial score (nSPS) is 31.6. The summed E-state index contributed by atoms with van der Waals surface area (Å²) >= 11 is 2.03. The van der Waals surface area contributed by atoms with E-state index in [0.29, 0.717) is 23.2 Å². The molecule has 1 saturated carbocycles. The molecule has 27 heavy (non-hydrogen) atoms. The second-order valence-corrected chi connectivity index (χ2v) is 10.8. The molecule has 1 aromatic rings. The van der Waals surface area contributed by atoms with E-state index in [4.69, 9.17) is 0 Å². The molecule has 0 N–H and O–H groups in total. The molecule has 0 aromatic carbocycles. The summed E-state index contributed by atoms with van der Waals surface area (Å²) in [5.74, 6) is 2.39. The number of alkyl halides is 3. The van der Waals surface area contributed by atoms with Crippen LogP contribution in [0.4, 0.5) is 13.2 Å². The van der Waals surface area contributed by atoms with Crippen LogP contribution in [0.5, 0.6) is 0 Å². The van der Waals surface area contributed by atoms with E-state index in [1.807, 2.05) is 32.5 Å². The molecule has 2 aliphatic heterocycles. The highest BCUT2D eigenvalue weighted by molar-refractivity contribution is 8.00. The van der Waals surface area contributed by atoms with Gasteiger partial charge in [0, 0.05) is 35.4 Å². The van der Waals surface area contributed by atoms with Crippen LogP contribution in [0.25, 0.3) is 0 Å². The van der Waals surface area contributed by atoms with Gasteiger partial charge in [0.25, 0.3) is 5.82 Å². The number of hydrogen-bond acceptors (Lipinski definition) is 4. The number of halogens is 3. The van der Waals surface area contributed by atoms with Gasteiger partial charge in [0.1, 0.15) is 5.82 Å². The Morgan fingerprint density at radius 3 is 2.37 bits per heavy atom. The lowest BCUT2D eigenvalue weighted by atomic mass is 9.91. The molecule has 2 unspecified atom stereocenters. The van der Waals surface area contributed by atoms with E-state index < -0.39 is 17.5 Å². The summed E-state index contributed by atoms with van der Waals surface area (Å²) in [5.41, 5.74) is -0.00856. The molecule has 3 heterocycles. The fourth-order valence-electron chi connectivity index (χ4n) is 4.96. The third kappa shape index (κ3) is 3.52. The molecule has 1 aromatic heterocycles. The van der Waals surface area contributed by atoms with Gasteiger partial charge >= 0.3 is 6.18 Å². The molecule has 0 bridgehead atoms. The number of likely N-dealkylation sites (tertiary alicyclic amines) is 1. The molecule has 4 rings (SSSR count). The van der Waals surface area contributed by atoms with E-state index in [9.17, 15) is 13.2 Å². The van der Waals surface area contributed by atoms with Crippen LogP contribution in [-0.2, 0) is 11.7 Å². The second-order valence-electron chi connectivity index (χ2n) is 9.80. The third-order valence-electron chi connectivity index (χ3n) is 6.51. The van der Waals surface area contributed by atoms with Gasteiger partial charge in [-0.15, -0.1) is 5.10 Å². The van der Waals surface area contributed by atoms with Gasteiger partial charge in [-0.3, -0.25) is 4.90 Å². The van der Waals surface area contributed by atoms with Crippen LogP contribution in [-0.4, -0.2) is 50.3 Å². The Hall–Kier alpha value is -0.760. The molecule has 0 amide bonds. The number of aromatic nitrogens is 3. The maximum Gasteiger partial charge on any atom is 0.453 e. The molecule has 1 spiro atoms. The molecule has 3 aliphatic rings. The molecule has 0 radical (unpaired) electrons. The monoisotopic (exact) mass is 402 g/mol. The summed E-state index contributed by atoms with van der Waals surface area (Å²) in [6.07, 6.45) is -1.32. The van der Waals surface area contributed by atoms with Crippen LogP contribution in [0.3, 0.4) is 0 Å². The summed E-state index contributed by atoms with van der Waals surface area (Å²) < 4.78 is 41.3. The quantitative estimate of drug-likeness (QED) is 0.736. The van der Waals surface area contributed by atoms with E-state index in [1.54, 1.807) is 0 Å². The average molecular weight is 403 g/mol. The zero-order valence-corrected chi connectivity index (χ0v) is 17.3. The van der Waals surface area contributed by atoms with Gasteiger partial charge in [-0.2, -0.15) is 24.9 Å². The van der Waals surface area contributed by atoms with Gasteiger partial charge < -0.3 is 0 Å². The Morgan fingerprint density at radius 1 is 1.15 bits per heavy atom. The number of rotatable bonds is 2. The summed E-state index contributed by atoms with van der Waals surface area (Å²) in [7, 11) is 0. The van der Waals surface area contributed by atoms with Crippen LogP contribution in [0.2, 0.25) is 0 Å². The van der Waals surface area contributed by atoms with Crippen molar-refractivity contribution in [1.29, 1.82) is 0 Å². The largest absolute Gasteiger partial charge is 0.453 e. The van der Waals surface area contributed by atoms with E-state index in [1.165, 1.54) is 22.6 Å². The lowest BCUT2D eigenvalue weighted by molar-refractivity contribution is -0.145. The van der Waals surface area contributed by atoms with Crippen molar-refractivity contribution in [3.8, 4) is 0 Å². The SMILES string of the molecule is CC1CC(N2CCC3(CSC3)C2)C[C@H]1c1nc(C(F)(F)F)nn1C(C)(C)C. The molecule has 2 saturated heterocycles. The Bertz CT molecular complexity index is 705. The second kappa shape index (κ2) is 6.37. The number of nitrogens with zero attached hydrogens (tertiary/aromatic N) is 4. The van der Waals surface area contributed by atoms with Crippen molar-refractivity contribution < 1.29 is 13.2 Å². The van der Waals surface area contributed by atoms with Crippen molar-refractivity contribution in [3.05, 3.63) is 11.6 Å². The zero-order valence-electron chi connectivity index (χ0n) is 16.5.